The minimum Gasteiger partial charge on any atom is -0.497 e. The van der Waals surface area contributed by atoms with Gasteiger partial charge in [-0.25, -0.2) is 4.79 Å². The van der Waals surface area contributed by atoms with Gasteiger partial charge in [-0.05, 0) is 24.3 Å². The van der Waals surface area contributed by atoms with E-state index in [1.807, 2.05) is 30.3 Å². The summed E-state index contributed by atoms with van der Waals surface area (Å²) in [6.07, 6.45) is 0. The van der Waals surface area contributed by atoms with Crippen LogP contribution in [0.2, 0.25) is 5.02 Å². The minimum absolute atomic E-state index is 0.143. The summed E-state index contributed by atoms with van der Waals surface area (Å²) >= 11 is 6.11. The molecule has 3 rings (SSSR count). The first-order valence-electron chi connectivity index (χ1n) is 8.40. The van der Waals surface area contributed by atoms with Gasteiger partial charge in [0.2, 0.25) is 0 Å². The van der Waals surface area contributed by atoms with E-state index in [1.165, 1.54) is 0 Å². The summed E-state index contributed by atoms with van der Waals surface area (Å²) in [5.41, 5.74) is 1.59. The molecule has 1 fully saturated rings. The van der Waals surface area contributed by atoms with Crippen molar-refractivity contribution in [3.05, 3.63) is 47.5 Å². The minimum atomic E-state index is -0.143. The van der Waals surface area contributed by atoms with Crippen molar-refractivity contribution < 1.29 is 14.3 Å². The van der Waals surface area contributed by atoms with E-state index in [0.717, 1.165) is 17.2 Å². The maximum atomic E-state index is 12.5. The number of piperazine rings is 1. The van der Waals surface area contributed by atoms with E-state index in [0.29, 0.717) is 36.9 Å². The standard InChI is InChI=1S/C19H22ClN3O3/c1-25-14-7-8-18(26-2)17(13-14)22-9-11-23(12-10-22)19(24)21-16-6-4-3-5-15(16)20/h3-8,13H,9-12H2,1-2H3,(H,21,24). The SMILES string of the molecule is COc1ccc(OC)c(N2CCN(C(=O)Nc3ccccc3Cl)CC2)c1. The van der Waals surface area contributed by atoms with Gasteiger partial charge in [-0.2, -0.15) is 0 Å². The van der Waals surface area contributed by atoms with E-state index in [9.17, 15) is 4.79 Å². The quantitative estimate of drug-likeness (QED) is 0.885. The number of benzene rings is 2. The van der Waals surface area contributed by atoms with Crippen molar-refractivity contribution >= 4 is 29.0 Å². The van der Waals surface area contributed by atoms with E-state index in [-0.39, 0.29) is 6.03 Å². The Bertz CT molecular complexity index is 776. The molecule has 6 nitrogen and oxygen atoms in total. The Morgan fingerprint density at radius 2 is 1.77 bits per heavy atom. The highest BCUT2D eigenvalue weighted by Gasteiger charge is 2.23. The summed E-state index contributed by atoms with van der Waals surface area (Å²) in [6, 6.07) is 12.8. The van der Waals surface area contributed by atoms with E-state index in [1.54, 1.807) is 31.3 Å². The first-order chi connectivity index (χ1) is 12.6. The molecular weight excluding hydrogens is 354 g/mol. The number of amides is 2. The predicted molar refractivity (Wildman–Crippen MR) is 104 cm³/mol. The molecule has 0 radical (unpaired) electrons. The first kappa shape index (κ1) is 18.2. The lowest BCUT2D eigenvalue weighted by atomic mass is 10.2. The Morgan fingerprint density at radius 3 is 2.42 bits per heavy atom. The lowest BCUT2D eigenvalue weighted by Gasteiger charge is -2.36. The van der Waals surface area contributed by atoms with Crippen molar-refractivity contribution in [1.82, 2.24) is 4.90 Å². The van der Waals surface area contributed by atoms with Crippen LogP contribution in [0.15, 0.2) is 42.5 Å². The van der Waals surface area contributed by atoms with E-state index >= 15 is 0 Å². The Kier molecular flexibility index (Phi) is 5.73. The molecule has 0 saturated carbocycles. The predicted octanol–water partition coefficient (Wildman–Crippen LogP) is 3.71. The number of hydrogen-bond donors (Lipinski definition) is 1. The van der Waals surface area contributed by atoms with Crippen LogP contribution in [0.3, 0.4) is 0 Å². The molecular formula is C19H22ClN3O3. The molecule has 1 heterocycles. The number of nitrogens with one attached hydrogen (secondary N) is 1. The second-order valence-corrected chi connectivity index (χ2v) is 6.33. The maximum Gasteiger partial charge on any atom is 0.322 e. The largest absolute Gasteiger partial charge is 0.497 e. The van der Waals surface area contributed by atoms with Gasteiger partial charge in [-0.1, -0.05) is 23.7 Å². The third kappa shape index (κ3) is 3.96. The van der Waals surface area contributed by atoms with Crippen LogP contribution in [0, 0.1) is 0 Å². The zero-order valence-corrected chi connectivity index (χ0v) is 15.6. The summed E-state index contributed by atoms with van der Waals surface area (Å²) < 4.78 is 10.8. The lowest BCUT2D eigenvalue weighted by molar-refractivity contribution is 0.208. The number of carbonyl (C=O) groups is 1. The molecule has 1 aliphatic rings. The van der Waals surface area contributed by atoms with Crippen molar-refractivity contribution in [2.24, 2.45) is 0 Å². The Balaban J connectivity index is 1.64. The summed E-state index contributed by atoms with van der Waals surface area (Å²) in [7, 11) is 3.29. The van der Waals surface area contributed by atoms with E-state index in [4.69, 9.17) is 21.1 Å². The number of carbonyl (C=O) groups excluding carboxylic acids is 1. The molecule has 0 spiro atoms. The highest BCUT2D eigenvalue weighted by molar-refractivity contribution is 6.33. The average Bonchev–Trinajstić information content (AvgIpc) is 2.69. The van der Waals surface area contributed by atoms with Crippen LogP contribution in [-0.2, 0) is 0 Å². The van der Waals surface area contributed by atoms with Gasteiger partial charge < -0.3 is 24.6 Å². The van der Waals surface area contributed by atoms with Gasteiger partial charge in [0, 0.05) is 32.2 Å². The Hall–Kier alpha value is -2.60. The van der Waals surface area contributed by atoms with Crippen LogP contribution < -0.4 is 19.7 Å². The molecule has 7 heteroatoms. The molecule has 0 aromatic heterocycles. The number of halogens is 1. The number of methoxy groups -OCH3 is 2. The van der Waals surface area contributed by atoms with Gasteiger partial charge in [-0.15, -0.1) is 0 Å². The molecule has 2 amide bonds. The monoisotopic (exact) mass is 375 g/mol. The van der Waals surface area contributed by atoms with Gasteiger partial charge in [0.05, 0.1) is 30.6 Å². The molecule has 0 bridgehead atoms. The van der Waals surface area contributed by atoms with Crippen molar-refractivity contribution in [3.63, 3.8) is 0 Å². The number of para-hydroxylation sites is 1. The van der Waals surface area contributed by atoms with Crippen molar-refractivity contribution in [1.29, 1.82) is 0 Å². The number of anilines is 2. The number of rotatable bonds is 4. The van der Waals surface area contributed by atoms with E-state index in [2.05, 4.69) is 10.2 Å². The third-order valence-corrected chi connectivity index (χ3v) is 4.74. The highest BCUT2D eigenvalue weighted by atomic mass is 35.5. The van der Waals surface area contributed by atoms with Gasteiger partial charge in [0.25, 0.3) is 0 Å². The number of urea groups is 1. The molecule has 26 heavy (non-hydrogen) atoms. The molecule has 1 saturated heterocycles. The van der Waals surface area contributed by atoms with Crippen molar-refractivity contribution in [2.45, 2.75) is 0 Å². The van der Waals surface area contributed by atoms with Gasteiger partial charge in [-0.3, -0.25) is 0 Å². The Morgan fingerprint density at radius 1 is 1.04 bits per heavy atom. The summed E-state index contributed by atoms with van der Waals surface area (Å²) in [4.78, 5) is 16.5. The molecule has 2 aromatic carbocycles. The summed E-state index contributed by atoms with van der Waals surface area (Å²) in [5.74, 6) is 1.57. The molecule has 1 aliphatic heterocycles. The normalized spacial score (nSPS) is 14.1. The first-order valence-corrected chi connectivity index (χ1v) is 8.77. The number of nitrogens with zero attached hydrogens (tertiary/aromatic N) is 2. The molecule has 0 unspecified atom stereocenters. The molecule has 138 valence electrons. The van der Waals surface area contributed by atoms with E-state index < -0.39 is 0 Å². The van der Waals surface area contributed by atoms with Crippen LogP contribution in [-0.4, -0.2) is 51.3 Å². The van der Waals surface area contributed by atoms with Crippen molar-refractivity contribution in [2.75, 3.05) is 50.6 Å². The van der Waals surface area contributed by atoms with Crippen LogP contribution in [0.5, 0.6) is 11.5 Å². The van der Waals surface area contributed by atoms with Crippen LogP contribution in [0.25, 0.3) is 0 Å². The van der Waals surface area contributed by atoms with Crippen LogP contribution in [0.1, 0.15) is 0 Å². The third-order valence-electron chi connectivity index (χ3n) is 4.41. The van der Waals surface area contributed by atoms with Crippen molar-refractivity contribution in [3.8, 4) is 11.5 Å². The zero-order valence-electron chi connectivity index (χ0n) is 14.9. The van der Waals surface area contributed by atoms with Gasteiger partial charge >= 0.3 is 6.03 Å². The van der Waals surface area contributed by atoms with Gasteiger partial charge in [0.1, 0.15) is 11.5 Å². The summed E-state index contributed by atoms with van der Waals surface area (Å²) in [6.45, 7) is 2.63. The fourth-order valence-corrected chi connectivity index (χ4v) is 3.13. The smallest absolute Gasteiger partial charge is 0.322 e. The number of hydrogen-bond acceptors (Lipinski definition) is 4. The second kappa shape index (κ2) is 8.19. The molecule has 2 aromatic rings. The highest BCUT2D eigenvalue weighted by Crippen LogP contribution is 2.33. The zero-order chi connectivity index (χ0) is 18.5. The fraction of sp³-hybridized carbons (Fsp3) is 0.316. The second-order valence-electron chi connectivity index (χ2n) is 5.92. The topological polar surface area (TPSA) is 54.0 Å². The molecule has 1 N–H and O–H groups in total. The Labute approximate surface area is 158 Å². The fourth-order valence-electron chi connectivity index (χ4n) is 2.95. The molecule has 0 atom stereocenters. The van der Waals surface area contributed by atoms with Crippen LogP contribution in [0.4, 0.5) is 16.2 Å². The average molecular weight is 376 g/mol. The van der Waals surface area contributed by atoms with Gasteiger partial charge in [0.15, 0.2) is 0 Å². The number of ether oxygens (including phenoxy) is 2. The molecule has 0 aliphatic carbocycles. The summed E-state index contributed by atoms with van der Waals surface area (Å²) in [5, 5.41) is 3.40. The maximum absolute atomic E-state index is 12.5. The lowest BCUT2D eigenvalue weighted by Crippen LogP contribution is -2.50. The van der Waals surface area contributed by atoms with Crippen LogP contribution >= 0.6 is 11.6 Å².